The monoisotopic (exact) mass is 493 g/mol. The summed E-state index contributed by atoms with van der Waals surface area (Å²) in [5.41, 5.74) is 0. The van der Waals surface area contributed by atoms with E-state index in [0.29, 0.717) is 26.1 Å². The lowest BCUT2D eigenvalue weighted by molar-refractivity contribution is -0.134. The lowest BCUT2D eigenvalue weighted by atomic mass is 10.1. The SMILES string of the molecule is CCCN(CC(=O)N1CCN(S(=O)(=O)c2ccc3ccccc3c2)CC1)C1CCS(=O)(=O)C1. The van der Waals surface area contributed by atoms with Crippen LogP contribution in [0.4, 0.5) is 0 Å². The average Bonchev–Trinajstić information content (AvgIpc) is 3.18. The van der Waals surface area contributed by atoms with Crippen LogP contribution in [0.3, 0.4) is 0 Å². The van der Waals surface area contributed by atoms with Crippen molar-refractivity contribution in [3.8, 4) is 0 Å². The summed E-state index contributed by atoms with van der Waals surface area (Å²) >= 11 is 0. The summed E-state index contributed by atoms with van der Waals surface area (Å²) in [4.78, 5) is 16.9. The maximum atomic E-state index is 13.2. The second-order valence-corrected chi connectivity index (χ2v) is 13.0. The van der Waals surface area contributed by atoms with Crippen molar-refractivity contribution >= 4 is 36.5 Å². The molecule has 33 heavy (non-hydrogen) atoms. The molecule has 0 N–H and O–H groups in total. The Morgan fingerprint density at radius 3 is 2.39 bits per heavy atom. The molecule has 1 amide bonds. The maximum absolute atomic E-state index is 13.2. The van der Waals surface area contributed by atoms with Gasteiger partial charge in [0, 0.05) is 32.2 Å². The van der Waals surface area contributed by atoms with E-state index in [1.165, 1.54) is 4.31 Å². The predicted octanol–water partition coefficient (Wildman–Crippen LogP) is 1.57. The molecule has 2 saturated heterocycles. The third-order valence-electron chi connectivity index (χ3n) is 6.52. The first-order valence-corrected chi connectivity index (χ1v) is 14.7. The number of benzene rings is 2. The van der Waals surface area contributed by atoms with Gasteiger partial charge in [0.05, 0.1) is 22.9 Å². The molecule has 8 nitrogen and oxygen atoms in total. The number of sulfonamides is 1. The zero-order valence-electron chi connectivity index (χ0n) is 18.9. The molecule has 2 heterocycles. The lowest BCUT2D eigenvalue weighted by Gasteiger charge is -2.36. The second kappa shape index (κ2) is 9.69. The van der Waals surface area contributed by atoms with Gasteiger partial charge >= 0.3 is 0 Å². The fourth-order valence-electron chi connectivity index (χ4n) is 4.67. The van der Waals surface area contributed by atoms with E-state index in [0.717, 1.165) is 17.2 Å². The number of carbonyl (C=O) groups is 1. The fraction of sp³-hybridized carbons (Fsp3) is 0.522. The smallest absolute Gasteiger partial charge is 0.243 e. The standard InChI is InChI=1S/C23H31N3O5S2/c1-2-10-25(21-9-15-32(28,29)18-21)17-23(27)24-11-13-26(14-12-24)33(30,31)22-8-7-19-5-3-4-6-20(19)16-22/h3-8,16,21H,2,9-15,17-18H2,1H3. The van der Waals surface area contributed by atoms with E-state index < -0.39 is 19.9 Å². The lowest BCUT2D eigenvalue weighted by Crippen LogP contribution is -2.53. The van der Waals surface area contributed by atoms with Crippen LogP contribution in [0.2, 0.25) is 0 Å². The van der Waals surface area contributed by atoms with Crippen LogP contribution in [0.25, 0.3) is 10.8 Å². The summed E-state index contributed by atoms with van der Waals surface area (Å²) in [6.07, 6.45) is 1.40. The first-order chi connectivity index (χ1) is 15.7. The van der Waals surface area contributed by atoms with Crippen LogP contribution in [0.15, 0.2) is 47.4 Å². The molecule has 0 spiro atoms. The number of amides is 1. The van der Waals surface area contributed by atoms with Gasteiger partial charge < -0.3 is 4.90 Å². The first-order valence-electron chi connectivity index (χ1n) is 11.4. The average molecular weight is 494 g/mol. The minimum atomic E-state index is -3.64. The molecule has 1 unspecified atom stereocenters. The van der Waals surface area contributed by atoms with Gasteiger partial charge in [-0.05, 0) is 42.3 Å². The van der Waals surface area contributed by atoms with Crippen molar-refractivity contribution in [2.75, 3.05) is 50.8 Å². The quantitative estimate of drug-likeness (QED) is 0.581. The molecule has 2 aromatic rings. The Bertz CT molecular complexity index is 1220. The largest absolute Gasteiger partial charge is 0.339 e. The molecule has 2 aliphatic rings. The van der Waals surface area contributed by atoms with Crippen molar-refractivity contribution in [3.63, 3.8) is 0 Å². The molecule has 2 aliphatic heterocycles. The minimum absolute atomic E-state index is 0.0736. The third kappa shape index (κ3) is 5.40. The van der Waals surface area contributed by atoms with Crippen molar-refractivity contribution in [3.05, 3.63) is 42.5 Å². The summed E-state index contributed by atoms with van der Waals surface area (Å²) in [5, 5.41) is 1.86. The third-order valence-corrected chi connectivity index (χ3v) is 10.2. The first kappa shape index (κ1) is 24.1. The highest BCUT2D eigenvalue weighted by atomic mass is 32.2. The van der Waals surface area contributed by atoms with Crippen LogP contribution in [0.1, 0.15) is 19.8 Å². The van der Waals surface area contributed by atoms with Gasteiger partial charge in [-0.15, -0.1) is 0 Å². The van der Waals surface area contributed by atoms with Crippen molar-refractivity contribution in [2.24, 2.45) is 0 Å². The molecule has 0 aliphatic carbocycles. The minimum Gasteiger partial charge on any atom is -0.339 e. The van der Waals surface area contributed by atoms with Crippen molar-refractivity contribution in [1.29, 1.82) is 0 Å². The summed E-state index contributed by atoms with van der Waals surface area (Å²) in [6, 6.07) is 12.7. The molecule has 4 rings (SSSR count). The van der Waals surface area contributed by atoms with Crippen LogP contribution in [-0.2, 0) is 24.7 Å². The van der Waals surface area contributed by atoms with Gasteiger partial charge in [-0.25, -0.2) is 16.8 Å². The normalized spacial score (nSPS) is 21.6. The number of nitrogens with zero attached hydrogens (tertiary/aromatic N) is 3. The highest BCUT2D eigenvalue weighted by Gasteiger charge is 2.35. The van der Waals surface area contributed by atoms with Gasteiger partial charge in [-0.1, -0.05) is 37.3 Å². The van der Waals surface area contributed by atoms with Crippen LogP contribution >= 0.6 is 0 Å². The van der Waals surface area contributed by atoms with E-state index in [1.807, 2.05) is 42.2 Å². The summed E-state index contributed by atoms with van der Waals surface area (Å²) in [7, 11) is -6.67. The van der Waals surface area contributed by atoms with E-state index in [4.69, 9.17) is 0 Å². The molecular formula is C23H31N3O5S2. The molecule has 0 bridgehead atoms. The molecule has 0 saturated carbocycles. The van der Waals surface area contributed by atoms with E-state index in [1.54, 1.807) is 17.0 Å². The Hall–Kier alpha value is -2.01. The molecule has 180 valence electrons. The number of piperazine rings is 1. The van der Waals surface area contributed by atoms with E-state index in [2.05, 4.69) is 0 Å². The molecule has 2 aromatic carbocycles. The fourth-order valence-corrected chi connectivity index (χ4v) is 7.89. The number of hydrogen-bond donors (Lipinski definition) is 0. The van der Waals surface area contributed by atoms with Gasteiger partial charge in [0.25, 0.3) is 0 Å². The molecule has 1 atom stereocenters. The zero-order valence-corrected chi connectivity index (χ0v) is 20.5. The number of rotatable bonds is 7. The summed E-state index contributed by atoms with van der Waals surface area (Å²) in [5.74, 6) is 0.214. The maximum Gasteiger partial charge on any atom is 0.243 e. The molecule has 2 fully saturated rings. The van der Waals surface area contributed by atoms with Crippen molar-refractivity contribution < 1.29 is 21.6 Å². The van der Waals surface area contributed by atoms with Gasteiger partial charge in [0.15, 0.2) is 9.84 Å². The van der Waals surface area contributed by atoms with Gasteiger partial charge in [0.1, 0.15) is 0 Å². The number of carbonyl (C=O) groups excluding carboxylic acids is 1. The molecule has 10 heteroatoms. The van der Waals surface area contributed by atoms with Crippen LogP contribution in [0.5, 0.6) is 0 Å². The topological polar surface area (TPSA) is 95.1 Å². The van der Waals surface area contributed by atoms with Crippen LogP contribution in [-0.4, -0.2) is 93.7 Å². The van der Waals surface area contributed by atoms with E-state index >= 15 is 0 Å². The van der Waals surface area contributed by atoms with Gasteiger partial charge in [-0.2, -0.15) is 4.31 Å². The molecule has 0 aromatic heterocycles. The van der Waals surface area contributed by atoms with E-state index in [-0.39, 0.29) is 48.0 Å². The van der Waals surface area contributed by atoms with Crippen LogP contribution in [0, 0.1) is 0 Å². The summed E-state index contributed by atoms with van der Waals surface area (Å²) in [6.45, 7) is 3.99. The van der Waals surface area contributed by atoms with Crippen molar-refractivity contribution in [1.82, 2.24) is 14.1 Å². The predicted molar refractivity (Wildman–Crippen MR) is 128 cm³/mol. The van der Waals surface area contributed by atoms with E-state index in [9.17, 15) is 21.6 Å². The Labute approximate surface area is 196 Å². The number of sulfone groups is 1. The van der Waals surface area contributed by atoms with Crippen LogP contribution < -0.4 is 0 Å². The second-order valence-electron chi connectivity index (χ2n) is 8.82. The summed E-state index contributed by atoms with van der Waals surface area (Å²) < 4.78 is 51.5. The molecule has 0 radical (unpaired) electrons. The Balaban J connectivity index is 1.38. The Morgan fingerprint density at radius 1 is 1.06 bits per heavy atom. The Morgan fingerprint density at radius 2 is 1.76 bits per heavy atom. The highest BCUT2D eigenvalue weighted by Crippen LogP contribution is 2.23. The number of fused-ring (bicyclic) bond motifs is 1. The number of hydrogen-bond acceptors (Lipinski definition) is 6. The Kier molecular flexibility index (Phi) is 7.09. The van der Waals surface area contributed by atoms with Gasteiger partial charge in [0.2, 0.25) is 15.9 Å². The van der Waals surface area contributed by atoms with Gasteiger partial charge in [-0.3, -0.25) is 9.69 Å². The highest BCUT2D eigenvalue weighted by molar-refractivity contribution is 7.91. The zero-order chi connectivity index (χ0) is 23.6. The molecular weight excluding hydrogens is 462 g/mol. The van der Waals surface area contributed by atoms with Crippen molar-refractivity contribution in [2.45, 2.75) is 30.7 Å².